The lowest BCUT2D eigenvalue weighted by Crippen LogP contribution is -2.18. The van der Waals surface area contributed by atoms with Gasteiger partial charge in [0.05, 0.1) is 17.1 Å². The lowest BCUT2D eigenvalue weighted by Gasteiger charge is -2.21. The lowest BCUT2D eigenvalue weighted by atomic mass is 9.91. The van der Waals surface area contributed by atoms with Crippen molar-refractivity contribution in [2.24, 2.45) is 0 Å². The Kier molecular flexibility index (Phi) is 4.81. The summed E-state index contributed by atoms with van der Waals surface area (Å²) in [4.78, 5) is 22.7. The minimum absolute atomic E-state index is 0.171. The van der Waals surface area contributed by atoms with Crippen LogP contribution in [0.3, 0.4) is 0 Å². The van der Waals surface area contributed by atoms with Gasteiger partial charge in [0.2, 0.25) is 0 Å². The number of benzene rings is 3. The number of nitrogens with one attached hydrogen (secondary N) is 1. The zero-order valence-corrected chi connectivity index (χ0v) is 16.5. The van der Waals surface area contributed by atoms with Crippen molar-refractivity contribution in [3.05, 3.63) is 113 Å². The van der Waals surface area contributed by atoms with E-state index in [4.69, 9.17) is 9.97 Å². The molecule has 5 rings (SSSR count). The molecule has 4 nitrogen and oxygen atoms in total. The Balaban J connectivity index is 1.58. The smallest absolute Gasteiger partial charge is 0.256 e. The average molecular weight is 391 g/mol. The number of aryl methyl sites for hydroxylation is 2. The molecule has 0 saturated carbocycles. The van der Waals surface area contributed by atoms with Gasteiger partial charge >= 0.3 is 0 Å². The summed E-state index contributed by atoms with van der Waals surface area (Å²) in [5.41, 5.74) is 6.82. The maximum atomic E-state index is 12.8. The first kappa shape index (κ1) is 18.3. The predicted octanol–water partition coefficient (Wildman–Crippen LogP) is 5.09. The molecule has 0 fully saturated rings. The molecule has 1 aromatic heterocycles. The van der Waals surface area contributed by atoms with Crippen molar-refractivity contribution in [1.29, 1.82) is 0 Å². The third-order valence-corrected chi connectivity index (χ3v) is 5.43. The molecule has 1 N–H and O–H groups in total. The van der Waals surface area contributed by atoms with E-state index in [0.29, 0.717) is 17.8 Å². The van der Waals surface area contributed by atoms with Gasteiger partial charge in [-0.1, -0.05) is 72.8 Å². The summed E-state index contributed by atoms with van der Waals surface area (Å²) in [5, 5.41) is 3.01. The molecule has 1 amide bonds. The van der Waals surface area contributed by atoms with Crippen molar-refractivity contribution in [3.8, 4) is 11.3 Å². The highest BCUT2D eigenvalue weighted by Crippen LogP contribution is 2.33. The molecule has 4 heteroatoms. The number of anilines is 1. The molecule has 0 unspecified atom stereocenters. The highest BCUT2D eigenvalue weighted by atomic mass is 16.1. The second-order valence-electron chi connectivity index (χ2n) is 7.45. The van der Waals surface area contributed by atoms with Gasteiger partial charge in [0.25, 0.3) is 5.91 Å². The molecule has 3 aromatic carbocycles. The number of hydrogen-bond donors (Lipinski definition) is 1. The molecule has 0 bridgehead atoms. The summed E-state index contributed by atoms with van der Waals surface area (Å²) in [6.07, 6.45) is 2.36. The predicted molar refractivity (Wildman–Crippen MR) is 119 cm³/mol. The largest absolute Gasteiger partial charge is 0.305 e. The molecule has 0 radical (unpaired) electrons. The molecule has 1 aliphatic carbocycles. The van der Waals surface area contributed by atoms with Gasteiger partial charge in [-0.2, -0.15) is 0 Å². The van der Waals surface area contributed by atoms with Crippen LogP contribution >= 0.6 is 0 Å². The Labute approximate surface area is 175 Å². The van der Waals surface area contributed by atoms with Crippen LogP contribution in [0.1, 0.15) is 32.9 Å². The summed E-state index contributed by atoms with van der Waals surface area (Å²) in [6.45, 7) is 0. The molecular weight excluding hydrogens is 370 g/mol. The van der Waals surface area contributed by atoms with E-state index >= 15 is 0 Å². The first-order valence-electron chi connectivity index (χ1n) is 10.2. The Hall–Kier alpha value is -3.79. The third-order valence-electron chi connectivity index (χ3n) is 5.43. The molecule has 0 saturated heterocycles. The van der Waals surface area contributed by atoms with Crippen molar-refractivity contribution in [2.75, 3.05) is 5.32 Å². The zero-order valence-electron chi connectivity index (χ0n) is 16.5. The first-order chi connectivity index (χ1) is 14.8. The number of rotatable bonds is 4. The number of carbonyl (C=O) groups is 1. The van der Waals surface area contributed by atoms with Gasteiger partial charge in [0.15, 0.2) is 5.82 Å². The number of aromatic nitrogens is 2. The topological polar surface area (TPSA) is 54.9 Å². The molecule has 0 spiro atoms. The van der Waals surface area contributed by atoms with E-state index in [9.17, 15) is 4.79 Å². The maximum absolute atomic E-state index is 12.8. The van der Waals surface area contributed by atoms with Gasteiger partial charge < -0.3 is 5.32 Å². The van der Waals surface area contributed by atoms with Gasteiger partial charge in [0, 0.05) is 17.5 Å². The van der Waals surface area contributed by atoms with Crippen molar-refractivity contribution in [1.82, 2.24) is 9.97 Å². The van der Waals surface area contributed by atoms with Crippen molar-refractivity contribution < 1.29 is 4.79 Å². The number of hydrogen-bond acceptors (Lipinski definition) is 3. The summed E-state index contributed by atoms with van der Waals surface area (Å²) < 4.78 is 0. The van der Waals surface area contributed by atoms with Gasteiger partial charge in [-0.25, -0.2) is 9.97 Å². The van der Waals surface area contributed by atoms with Crippen LogP contribution in [-0.4, -0.2) is 15.9 Å². The maximum Gasteiger partial charge on any atom is 0.256 e. The van der Waals surface area contributed by atoms with Crippen LogP contribution in [0, 0.1) is 0 Å². The quantitative estimate of drug-likeness (QED) is 0.527. The minimum Gasteiger partial charge on any atom is -0.305 e. The van der Waals surface area contributed by atoms with E-state index in [-0.39, 0.29) is 5.91 Å². The fraction of sp³-hybridized carbons (Fsp3) is 0.115. The van der Waals surface area contributed by atoms with Crippen LogP contribution in [0.5, 0.6) is 0 Å². The van der Waals surface area contributed by atoms with E-state index in [1.54, 1.807) is 12.1 Å². The SMILES string of the molecule is O=C(Nc1nc2c(nc1Cc1ccccc1)-c1ccccc1CC2)c1ccccc1. The van der Waals surface area contributed by atoms with Crippen LogP contribution in [0.2, 0.25) is 0 Å². The van der Waals surface area contributed by atoms with E-state index in [1.807, 2.05) is 42.5 Å². The summed E-state index contributed by atoms with van der Waals surface area (Å²) in [7, 11) is 0. The second-order valence-corrected chi connectivity index (χ2v) is 7.45. The number of carbonyl (C=O) groups excluding carboxylic acids is 1. The fourth-order valence-corrected chi connectivity index (χ4v) is 3.90. The van der Waals surface area contributed by atoms with Crippen molar-refractivity contribution >= 4 is 11.7 Å². The normalized spacial score (nSPS) is 12.0. The first-order valence-corrected chi connectivity index (χ1v) is 10.2. The molecule has 0 atom stereocenters. The molecule has 30 heavy (non-hydrogen) atoms. The van der Waals surface area contributed by atoms with E-state index in [0.717, 1.165) is 41.1 Å². The molecular formula is C26H21N3O. The number of nitrogens with zero attached hydrogens (tertiary/aromatic N) is 2. The summed E-state index contributed by atoms with van der Waals surface area (Å²) in [6, 6.07) is 27.7. The molecule has 1 heterocycles. The summed E-state index contributed by atoms with van der Waals surface area (Å²) >= 11 is 0. The van der Waals surface area contributed by atoms with Gasteiger partial charge in [-0.15, -0.1) is 0 Å². The Bertz CT molecular complexity index is 1200. The fourth-order valence-electron chi connectivity index (χ4n) is 3.90. The molecule has 4 aromatic rings. The summed E-state index contributed by atoms with van der Waals surface area (Å²) in [5.74, 6) is 0.376. The average Bonchev–Trinajstić information content (AvgIpc) is 2.80. The van der Waals surface area contributed by atoms with Gasteiger partial charge in [-0.3, -0.25) is 4.79 Å². The third kappa shape index (κ3) is 3.60. The van der Waals surface area contributed by atoms with Crippen LogP contribution in [0.15, 0.2) is 84.9 Å². The van der Waals surface area contributed by atoms with Crippen LogP contribution in [0.25, 0.3) is 11.3 Å². The number of fused-ring (bicyclic) bond motifs is 3. The van der Waals surface area contributed by atoms with Crippen LogP contribution in [-0.2, 0) is 19.3 Å². The monoisotopic (exact) mass is 391 g/mol. The Morgan fingerprint density at radius 2 is 1.50 bits per heavy atom. The van der Waals surface area contributed by atoms with E-state index < -0.39 is 0 Å². The standard InChI is InChI=1S/C26H21N3O/c30-26(20-12-5-2-6-13-20)29-25-23(17-18-9-3-1-4-10-18)27-24-21-14-8-7-11-19(21)15-16-22(24)28-25/h1-14H,15-17H2,(H,28,29,30). The highest BCUT2D eigenvalue weighted by molar-refractivity contribution is 6.04. The molecule has 1 aliphatic rings. The second kappa shape index (κ2) is 7.91. The van der Waals surface area contributed by atoms with Crippen molar-refractivity contribution in [3.63, 3.8) is 0 Å². The van der Waals surface area contributed by atoms with Crippen LogP contribution in [0.4, 0.5) is 5.82 Å². The van der Waals surface area contributed by atoms with Crippen LogP contribution < -0.4 is 5.32 Å². The highest BCUT2D eigenvalue weighted by Gasteiger charge is 2.22. The van der Waals surface area contributed by atoms with Gasteiger partial charge in [0.1, 0.15) is 0 Å². The zero-order chi connectivity index (χ0) is 20.3. The van der Waals surface area contributed by atoms with Gasteiger partial charge in [-0.05, 0) is 36.1 Å². The van der Waals surface area contributed by atoms with E-state index in [1.165, 1.54) is 5.56 Å². The lowest BCUT2D eigenvalue weighted by molar-refractivity contribution is 0.102. The minimum atomic E-state index is -0.171. The number of amides is 1. The molecule has 146 valence electrons. The Morgan fingerprint density at radius 3 is 2.30 bits per heavy atom. The van der Waals surface area contributed by atoms with Crippen molar-refractivity contribution in [2.45, 2.75) is 19.3 Å². The van der Waals surface area contributed by atoms with E-state index in [2.05, 4.69) is 35.6 Å². The Morgan fingerprint density at radius 1 is 0.800 bits per heavy atom. The molecule has 0 aliphatic heterocycles.